The second-order valence-corrected chi connectivity index (χ2v) is 8.20. The van der Waals surface area contributed by atoms with Gasteiger partial charge in [0, 0.05) is 61.3 Å². The minimum Gasteiger partial charge on any atom is -0.462 e. The van der Waals surface area contributed by atoms with E-state index in [-0.39, 0.29) is 5.91 Å². The van der Waals surface area contributed by atoms with Crippen LogP contribution in [0.4, 0.5) is 5.69 Å². The summed E-state index contributed by atoms with van der Waals surface area (Å²) in [4.78, 5) is 16.7. The topological polar surface area (TPSA) is 42.0 Å². The zero-order chi connectivity index (χ0) is 19.0. The van der Waals surface area contributed by atoms with Crippen molar-refractivity contribution in [3.8, 4) is 5.75 Å². The van der Waals surface area contributed by atoms with Gasteiger partial charge in [-0.1, -0.05) is 15.9 Å². The van der Waals surface area contributed by atoms with Crippen molar-refractivity contribution in [2.24, 2.45) is 0 Å². The van der Waals surface area contributed by atoms with Gasteiger partial charge in [-0.15, -0.1) is 0 Å². The third-order valence-electron chi connectivity index (χ3n) is 5.25. The lowest BCUT2D eigenvalue weighted by atomic mass is 10.0. The molecule has 0 radical (unpaired) electrons. The van der Waals surface area contributed by atoms with Crippen LogP contribution < -0.4 is 9.64 Å². The predicted octanol–water partition coefficient (Wildman–Crippen LogP) is 4.06. The molecule has 0 aromatic heterocycles. The third-order valence-corrected chi connectivity index (χ3v) is 5.75. The molecule has 2 aromatic rings. The summed E-state index contributed by atoms with van der Waals surface area (Å²) < 4.78 is 13.3. The van der Waals surface area contributed by atoms with Crippen molar-refractivity contribution in [3.05, 3.63) is 58.1 Å². The Morgan fingerprint density at radius 1 is 1.11 bits per heavy atom. The molecule has 0 atom stereocenters. The van der Waals surface area contributed by atoms with E-state index >= 15 is 0 Å². The standard InChI is InChI=1S/C21H23BrN2O3/c1-23(2)18-6-3-15(4-7-18)20(25)24-11-9-21(10-12-24)26-14-16-13-17(22)5-8-19(16)27-21/h3-8,13H,9-12,14H2,1-2H3. The maximum atomic E-state index is 12.8. The Labute approximate surface area is 168 Å². The fourth-order valence-corrected chi connectivity index (χ4v) is 3.99. The first-order valence-electron chi connectivity index (χ1n) is 9.14. The van der Waals surface area contributed by atoms with Crippen LogP contribution in [0.5, 0.6) is 5.75 Å². The second kappa shape index (κ2) is 7.17. The highest BCUT2D eigenvalue weighted by molar-refractivity contribution is 9.10. The van der Waals surface area contributed by atoms with Crippen molar-refractivity contribution < 1.29 is 14.3 Å². The molecular formula is C21H23BrN2O3. The van der Waals surface area contributed by atoms with E-state index in [9.17, 15) is 4.79 Å². The first-order chi connectivity index (χ1) is 13.0. The summed E-state index contributed by atoms with van der Waals surface area (Å²) >= 11 is 3.48. The molecule has 1 fully saturated rings. The maximum absolute atomic E-state index is 12.8. The Morgan fingerprint density at radius 3 is 2.48 bits per heavy atom. The number of halogens is 1. The van der Waals surface area contributed by atoms with Gasteiger partial charge in [-0.25, -0.2) is 0 Å². The van der Waals surface area contributed by atoms with Gasteiger partial charge in [0.1, 0.15) is 5.75 Å². The highest BCUT2D eigenvalue weighted by atomic mass is 79.9. The second-order valence-electron chi connectivity index (χ2n) is 7.29. The number of amides is 1. The fourth-order valence-electron chi connectivity index (χ4n) is 3.58. The van der Waals surface area contributed by atoms with E-state index in [1.165, 1.54) is 0 Å². The van der Waals surface area contributed by atoms with Gasteiger partial charge in [0.15, 0.2) is 0 Å². The number of hydrogen-bond acceptors (Lipinski definition) is 4. The lowest BCUT2D eigenvalue weighted by molar-refractivity contribution is -0.225. The van der Waals surface area contributed by atoms with Crippen LogP contribution in [-0.2, 0) is 11.3 Å². The van der Waals surface area contributed by atoms with Gasteiger partial charge in [0.25, 0.3) is 5.91 Å². The van der Waals surface area contributed by atoms with Crippen molar-refractivity contribution >= 4 is 27.5 Å². The third kappa shape index (κ3) is 3.69. The summed E-state index contributed by atoms with van der Waals surface area (Å²) in [5, 5.41) is 0. The summed E-state index contributed by atoms with van der Waals surface area (Å²) in [5.74, 6) is 0.325. The molecule has 0 N–H and O–H groups in total. The van der Waals surface area contributed by atoms with Crippen LogP contribution in [0, 0.1) is 0 Å². The maximum Gasteiger partial charge on any atom is 0.253 e. The molecule has 0 unspecified atom stereocenters. The Kier molecular flexibility index (Phi) is 4.86. The Hall–Kier alpha value is -2.05. The lowest BCUT2D eigenvalue weighted by Gasteiger charge is -2.44. The number of ether oxygens (including phenoxy) is 2. The van der Waals surface area contributed by atoms with E-state index in [1.807, 2.05) is 66.4 Å². The predicted molar refractivity (Wildman–Crippen MR) is 108 cm³/mol. The largest absolute Gasteiger partial charge is 0.462 e. The molecule has 0 saturated carbocycles. The van der Waals surface area contributed by atoms with E-state index in [2.05, 4.69) is 15.9 Å². The molecule has 5 nitrogen and oxygen atoms in total. The first-order valence-corrected chi connectivity index (χ1v) is 9.93. The summed E-state index contributed by atoms with van der Waals surface area (Å²) in [5.41, 5.74) is 2.85. The first kappa shape index (κ1) is 18.3. The van der Waals surface area contributed by atoms with Gasteiger partial charge in [-0.3, -0.25) is 4.79 Å². The zero-order valence-electron chi connectivity index (χ0n) is 15.6. The van der Waals surface area contributed by atoms with Crippen molar-refractivity contribution in [3.63, 3.8) is 0 Å². The van der Waals surface area contributed by atoms with Gasteiger partial charge >= 0.3 is 0 Å². The van der Waals surface area contributed by atoms with E-state index in [0.29, 0.717) is 32.5 Å². The zero-order valence-corrected chi connectivity index (χ0v) is 17.2. The highest BCUT2D eigenvalue weighted by Gasteiger charge is 2.42. The van der Waals surface area contributed by atoms with Crippen LogP contribution in [0.1, 0.15) is 28.8 Å². The number of likely N-dealkylation sites (tertiary alicyclic amines) is 1. The van der Waals surface area contributed by atoms with Crippen molar-refractivity contribution in [1.82, 2.24) is 4.90 Å². The molecule has 2 heterocycles. The number of anilines is 1. The minimum absolute atomic E-state index is 0.0651. The molecule has 1 amide bonds. The Bertz CT molecular complexity index is 843. The molecule has 2 aliphatic heterocycles. The smallest absolute Gasteiger partial charge is 0.253 e. The number of fused-ring (bicyclic) bond motifs is 1. The van der Waals surface area contributed by atoms with E-state index < -0.39 is 5.79 Å². The number of hydrogen-bond donors (Lipinski definition) is 0. The van der Waals surface area contributed by atoms with Gasteiger partial charge in [0.05, 0.1) is 6.61 Å². The number of piperidine rings is 1. The number of carbonyl (C=O) groups is 1. The molecule has 0 bridgehead atoms. The average Bonchev–Trinajstić information content (AvgIpc) is 2.68. The molecule has 2 aromatic carbocycles. The highest BCUT2D eigenvalue weighted by Crippen LogP contribution is 2.38. The molecule has 1 saturated heterocycles. The monoisotopic (exact) mass is 430 g/mol. The number of benzene rings is 2. The number of carbonyl (C=O) groups excluding carboxylic acids is 1. The Balaban J connectivity index is 1.41. The van der Waals surface area contributed by atoms with Crippen LogP contribution in [-0.4, -0.2) is 43.8 Å². The van der Waals surface area contributed by atoms with Crippen molar-refractivity contribution in [1.29, 1.82) is 0 Å². The summed E-state index contributed by atoms with van der Waals surface area (Å²) in [6, 6.07) is 13.7. The molecule has 2 aliphatic rings. The Morgan fingerprint density at radius 2 is 1.81 bits per heavy atom. The molecule has 0 aliphatic carbocycles. The summed E-state index contributed by atoms with van der Waals surface area (Å²) in [6.07, 6.45) is 1.34. The van der Waals surface area contributed by atoms with E-state index in [1.54, 1.807) is 0 Å². The quantitative estimate of drug-likeness (QED) is 0.720. The lowest BCUT2D eigenvalue weighted by Crippen LogP contribution is -2.52. The molecule has 142 valence electrons. The van der Waals surface area contributed by atoms with Crippen LogP contribution in [0.3, 0.4) is 0 Å². The fraction of sp³-hybridized carbons (Fsp3) is 0.381. The molecule has 4 rings (SSSR count). The normalized spacial score (nSPS) is 18.0. The van der Waals surface area contributed by atoms with Crippen molar-refractivity contribution in [2.45, 2.75) is 25.2 Å². The van der Waals surface area contributed by atoms with E-state index in [0.717, 1.165) is 27.0 Å². The molecule has 27 heavy (non-hydrogen) atoms. The molecule has 1 spiro atoms. The van der Waals surface area contributed by atoms with Crippen LogP contribution in [0.15, 0.2) is 46.9 Å². The van der Waals surface area contributed by atoms with Gasteiger partial charge in [-0.2, -0.15) is 0 Å². The van der Waals surface area contributed by atoms with Gasteiger partial charge in [0.2, 0.25) is 5.79 Å². The van der Waals surface area contributed by atoms with Crippen LogP contribution >= 0.6 is 15.9 Å². The molecular weight excluding hydrogens is 408 g/mol. The minimum atomic E-state index is -0.619. The van der Waals surface area contributed by atoms with Crippen LogP contribution in [0.25, 0.3) is 0 Å². The van der Waals surface area contributed by atoms with E-state index in [4.69, 9.17) is 9.47 Å². The van der Waals surface area contributed by atoms with Gasteiger partial charge < -0.3 is 19.3 Å². The SMILES string of the molecule is CN(C)c1ccc(C(=O)N2CCC3(CC2)OCc2cc(Br)ccc2O3)cc1. The molecule has 6 heteroatoms. The van der Waals surface area contributed by atoms with Gasteiger partial charge in [-0.05, 0) is 42.5 Å². The number of rotatable bonds is 2. The summed E-state index contributed by atoms with van der Waals surface area (Å²) in [7, 11) is 3.98. The van der Waals surface area contributed by atoms with Crippen LogP contribution in [0.2, 0.25) is 0 Å². The average molecular weight is 431 g/mol. The summed E-state index contributed by atoms with van der Waals surface area (Å²) in [6.45, 7) is 1.79. The number of nitrogens with zero attached hydrogens (tertiary/aromatic N) is 2. The van der Waals surface area contributed by atoms with Crippen molar-refractivity contribution in [2.75, 3.05) is 32.1 Å².